The maximum atomic E-state index is 12.1. The van der Waals surface area contributed by atoms with E-state index in [-0.39, 0.29) is 39.1 Å². The lowest BCUT2D eigenvalue weighted by molar-refractivity contribution is -0.219. The molecule has 20 rings (SSSR count). The van der Waals surface area contributed by atoms with E-state index in [9.17, 15) is 19.5 Å². The maximum Gasteiger partial charge on any atom is 0.337 e. The van der Waals surface area contributed by atoms with Crippen molar-refractivity contribution in [3.63, 3.8) is 0 Å². The number of hydrogen-bond acceptors (Lipinski definition) is 8. The highest BCUT2D eigenvalue weighted by Crippen LogP contribution is 2.82. The molecule has 3 aromatic carbocycles. The summed E-state index contributed by atoms with van der Waals surface area (Å²) in [5.74, 6) is 11.0. The minimum Gasteiger partial charge on any atom is -0.478 e. The van der Waals surface area contributed by atoms with Crippen LogP contribution in [0.3, 0.4) is 0 Å². The van der Waals surface area contributed by atoms with E-state index in [1.165, 1.54) is 264 Å². The molecule has 0 amide bonds. The molecule has 0 spiro atoms. The summed E-state index contributed by atoms with van der Waals surface area (Å²) in [6, 6.07) is 23.9. The van der Waals surface area contributed by atoms with Gasteiger partial charge in [0, 0.05) is 16.6 Å². The second-order valence-corrected chi connectivity index (χ2v) is 51.4. The molecule has 692 valence electrons. The molecule has 9 heteroatoms. The molecular formula is C118H169N3O6. The summed E-state index contributed by atoms with van der Waals surface area (Å²) in [6.45, 7) is 62.5. The number of rotatable bonds is 15. The van der Waals surface area contributed by atoms with Crippen LogP contribution in [0.15, 0.2) is 127 Å². The molecule has 127 heavy (non-hydrogen) atoms. The maximum absolute atomic E-state index is 12.1. The molecule has 3 aromatic rings. The number of carbonyl (C=O) groups is 3. The van der Waals surface area contributed by atoms with Crippen molar-refractivity contribution >= 4 is 34.6 Å². The Morgan fingerprint density at radius 3 is 0.961 bits per heavy atom. The van der Waals surface area contributed by atoms with Crippen LogP contribution in [0.2, 0.25) is 0 Å². The van der Waals surface area contributed by atoms with Crippen LogP contribution in [0, 0.1) is 166 Å². The number of methoxy groups -OCH3 is 2. The lowest BCUT2D eigenvalue weighted by Crippen LogP contribution is -2.68. The highest BCUT2D eigenvalue weighted by molar-refractivity contribution is 5.91. The van der Waals surface area contributed by atoms with Crippen molar-refractivity contribution in [2.45, 2.75) is 340 Å². The van der Waals surface area contributed by atoms with Crippen molar-refractivity contribution in [1.82, 2.24) is 10.6 Å². The Hall–Kier alpha value is -5.61. The summed E-state index contributed by atoms with van der Waals surface area (Å²) in [5.41, 5.74) is 25.2. The normalized spacial score (nSPS) is 44.7. The fraction of sp³-hybridized carbons (Fsp3) is 0.720. The van der Waals surface area contributed by atoms with Gasteiger partial charge in [-0.3, -0.25) is 0 Å². The number of fused-ring (bicyclic) bond motifs is 21. The molecule has 0 radical (unpaired) electrons. The van der Waals surface area contributed by atoms with Gasteiger partial charge in [0.1, 0.15) is 0 Å². The molecule has 0 saturated heterocycles. The molecule has 0 aromatic heterocycles. The summed E-state index contributed by atoms with van der Waals surface area (Å²) in [5, 5.41) is 18.0. The fourth-order valence-electron chi connectivity index (χ4n) is 38.3. The first kappa shape index (κ1) is 91.9. The number of hydrogen-bond donors (Lipinski definition) is 4. The zero-order valence-corrected chi connectivity index (χ0v) is 83.0. The molecular weight excluding hydrogens is 1560 g/mol. The van der Waals surface area contributed by atoms with E-state index in [1.54, 1.807) is 12.1 Å². The summed E-state index contributed by atoms with van der Waals surface area (Å²) >= 11 is 0. The van der Waals surface area contributed by atoms with E-state index in [4.69, 9.17) is 15.2 Å². The molecule has 9 nitrogen and oxygen atoms in total. The highest BCUT2D eigenvalue weighted by atomic mass is 16.5. The minimum atomic E-state index is -0.850. The monoisotopic (exact) mass is 1720 g/mol. The van der Waals surface area contributed by atoms with E-state index < -0.39 is 5.97 Å². The number of carbonyl (C=O) groups excluding carboxylic acids is 2. The largest absolute Gasteiger partial charge is 0.478 e. The number of carboxylic acids is 1. The van der Waals surface area contributed by atoms with Gasteiger partial charge < -0.3 is 30.9 Å². The van der Waals surface area contributed by atoms with E-state index >= 15 is 0 Å². The Morgan fingerprint density at radius 1 is 0.354 bits per heavy atom. The van der Waals surface area contributed by atoms with E-state index in [0.29, 0.717) is 118 Å². The Morgan fingerprint density at radius 2 is 0.654 bits per heavy atom. The highest BCUT2D eigenvalue weighted by Gasteiger charge is 2.75. The Bertz CT molecular complexity index is 4890. The summed E-state index contributed by atoms with van der Waals surface area (Å²) in [6.07, 6.45) is 48.8. The fourth-order valence-corrected chi connectivity index (χ4v) is 38.3. The lowest BCUT2D eigenvalue weighted by atomic mass is 9.33. The molecule has 0 heterocycles. The van der Waals surface area contributed by atoms with Crippen LogP contribution in [0.25, 0.3) is 16.7 Å². The van der Waals surface area contributed by atoms with Crippen molar-refractivity contribution in [2.75, 3.05) is 27.3 Å². The van der Waals surface area contributed by atoms with Gasteiger partial charge in [-0.15, -0.1) is 0 Å². The van der Waals surface area contributed by atoms with Crippen LogP contribution in [0.1, 0.15) is 371 Å². The predicted octanol–water partition coefficient (Wildman–Crippen LogP) is 28.5. The second kappa shape index (κ2) is 31.8. The smallest absolute Gasteiger partial charge is 0.337 e. The lowest BCUT2D eigenvalue weighted by Gasteiger charge is -2.72. The quantitative estimate of drug-likeness (QED) is 0.0865. The van der Waals surface area contributed by atoms with Crippen molar-refractivity contribution in [2.24, 2.45) is 171 Å². The zero-order valence-electron chi connectivity index (χ0n) is 83.0. The van der Waals surface area contributed by atoms with Crippen LogP contribution in [-0.2, 0) is 9.47 Å². The average Bonchev–Trinajstić information content (AvgIpc) is 1.68. The number of allylic oxidation sites excluding steroid dienone is 9. The van der Waals surface area contributed by atoms with Gasteiger partial charge in [-0.2, -0.15) is 0 Å². The molecule has 0 aliphatic heterocycles. The standard InChI is InChI=1S/C41H59NO2.C40H57NO2.C37H53NO2/c1-26(2)30-17-22-41(42-25-27-9-10-27)24-23-39(6)32(35(30)41)15-16-34-38(5)20-18-31(28-11-13-29(14-12-28)36(43)44-8)37(3,4)33(38)19-21-40(34,39)7;1-25(2)29-16-21-40(41-24-26-8-9-26)23-22-38(6)31(34(29)40)14-15-33-37(5)19-17-30(27-10-12-28(13-11-27)35(42)43)36(3,4)32(37)18-20-39(33,38)7;1-23(2)26-15-20-37(38)22-21-35(6)28(31(26)37)13-14-30-34(5)18-16-27(24-9-11-25(12-10-24)32(39)40-8)33(3,4)29(34)17-19-36(30,35)7/h11-14,18,27,30,32-35,42H,1,9-10,15-17,19-25H2,2-8H3;10-13,17,26,29,31-34,41H,1,8-9,14-16,18-24H2,2-7H3,(H,42,43);9-12,16,26,28-31H,1,13-15,17-22,38H2,2-8H3/t30-,32+,33-,34+,35+,38-,39+,40+,41-;29-,31+,32-,33+,34+,37-,38+,39+,40-;26-,28+,29-,30+,31+,34-,35+,36+,37-/m000/s1. The number of nitrogens with two attached hydrogens (primary N) is 1. The predicted molar refractivity (Wildman–Crippen MR) is 522 cm³/mol. The van der Waals surface area contributed by atoms with Crippen molar-refractivity contribution in [3.05, 3.63) is 161 Å². The van der Waals surface area contributed by atoms with Crippen LogP contribution in [0.5, 0.6) is 0 Å². The minimum absolute atomic E-state index is 0.0198. The zero-order chi connectivity index (χ0) is 90.7. The van der Waals surface area contributed by atoms with E-state index in [2.05, 4.69) is 197 Å². The summed E-state index contributed by atoms with van der Waals surface area (Å²) in [4.78, 5) is 35.6. The average molecular weight is 1730 g/mol. The van der Waals surface area contributed by atoms with Crippen LogP contribution in [0.4, 0.5) is 0 Å². The molecule has 17 aliphatic carbocycles. The van der Waals surface area contributed by atoms with Gasteiger partial charge in [0.25, 0.3) is 0 Å². The van der Waals surface area contributed by atoms with Gasteiger partial charge in [0.2, 0.25) is 0 Å². The Labute approximate surface area is 769 Å². The first-order valence-corrected chi connectivity index (χ1v) is 51.9. The number of carboxylic acid groups (broad SMARTS) is 1. The Balaban J connectivity index is 0.000000129. The van der Waals surface area contributed by atoms with Gasteiger partial charge >= 0.3 is 17.9 Å². The molecule has 5 N–H and O–H groups in total. The van der Waals surface area contributed by atoms with Gasteiger partial charge in [0.05, 0.1) is 30.9 Å². The van der Waals surface area contributed by atoms with Crippen molar-refractivity contribution in [3.8, 4) is 0 Å². The molecule has 17 aliphatic rings. The number of ether oxygens (including phenoxy) is 2. The van der Waals surface area contributed by atoms with Gasteiger partial charge in [-0.05, 0) is 468 Å². The van der Waals surface area contributed by atoms with Crippen LogP contribution in [-0.4, -0.2) is 66.9 Å². The molecule has 0 bridgehead atoms. The van der Waals surface area contributed by atoms with Gasteiger partial charge in [-0.25, -0.2) is 14.4 Å². The number of nitrogens with one attached hydrogen (secondary N) is 2. The van der Waals surface area contributed by atoms with E-state index in [1.807, 2.05) is 36.4 Å². The molecule has 14 fully saturated rings. The SMILES string of the molecule is C=C(C)[C@@H]1CC[C@]2(N)CC[C@]3(C)[C@H](CC[C@@H]4[C@@]5(C)CC=C(c6ccc(C(=O)OC)cc6)C(C)(C)[C@@H]5CC[C@]43C)[C@@H]12.C=C(C)[C@@H]1CC[C@]2(NCC3CC3)CC[C@]3(C)[C@H](CC[C@@H]4[C@@]5(C)CC=C(c6ccc(C(=O)O)cc6)C(C)(C)[C@@H]5CC[C@]43C)[C@@H]12.C=C(C)[C@@H]1CC[C@]2(NCC3CC3)CC[C@]3(C)[C@H](CC[C@@H]4[C@@]5(C)CC=C(c6ccc(C(=O)OC)cc6)C(C)(C)[C@@H]5CC[C@]43C)[C@@H]12. The topological polar surface area (TPSA) is 140 Å². The second-order valence-electron chi connectivity index (χ2n) is 51.4. The number of aromatic carboxylic acids is 1. The summed E-state index contributed by atoms with van der Waals surface area (Å²) in [7, 11) is 2.90. The summed E-state index contributed by atoms with van der Waals surface area (Å²) < 4.78 is 9.89. The molecule has 0 unspecified atom stereocenters. The third kappa shape index (κ3) is 13.8. The number of esters is 2. The van der Waals surface area contributed by atoms with E-state index in [0.717, 1.165) is 66.1 Å². The third-order valence-corrected chi connectivity index (χ3v) is 45.6. The first-order chi connectivity index (χ1) is 59.8. The van der Waals surface area contributed by atoms with Crippen LogP contribution >= 0.6 is 0 Å². The first-order valence-electron chi connectivity index (χ1n) is 51.9. The Kier molecular flexibility index (Phi) is 23.0. The van der Waals surface area contributed by atoms with Gasteiger partial charge in [0.15, 0.2) is 0 Å². The molecule has 27 atom stereocenters. The van der Waals surface area contributed by atoms with Crippen LogP contribution < -0.4 is 16.4 Å². The number of benzene rings is 3. The van der Waals surface area contributed by atoms with Gasteiger partial charge in [-0.1, -0.05) is 195 Å². The molecule has 14 saturated carbocycles. The van der Waals surface area contributed by atoms with Crippen molar-refractivity contribution < 1.29 is 29.0 Å². The third-order valence-electron chi connectivity index (χ3n) is 45.6. The van der Waals surface area contributed by atoms with Crippen molar-refractivity contribution in [1.29, 1.82) is 0 Å².